The first-order chi connectivity index (χ1) is 18.0. The van der Waals surface area contributed by atoms with Gasteiger partial charge in [0, 0.05) is 36.3 Å². The lowest BCUT2D eigenvalue weighted by atomic mass is 9.93. The van der Waals surface area contributed by atoms with Crippen LogP contribution in [0.4, 0.5) is 11.6 Å². The molecule has 1 aliphatic carbocycles. The molecule has 4 heterocycles. The standard InChI is InChI=1S/C28H27N7O2/c1-2-22(36)35-16-19-6-5-7-20(19)24(35)27-33-23(25-26(29)31-14-15-34(25)27)17-9-11-18(12-10-17)28(37)32-21-8-3-4-13-30-21/h2-4,8-15,19-20,24H,1,5-7,16H2,(H2,29,31)(H,30,32,37)/t19?,20?,24-/m0/s1. The van der Waals surface area contributed by atoms with Gasteiger partial charge >= 0.3 is 0 Å². The molecule has 1 saturated heterocycles. The molecule has 1 aromatic carbocycles. The summed E-state index contributed by atoms with van der Waals surface area (Å²) in [6.07, 6.45) is 9.85. The Kier molecular flexibility index (Phi) is 5.67. The zero-order chi connectivity index (χ0) is 25.5. The van der Waals surface area contributed by atoms with Crippen molar-refractivity contribution in [2.24, 2.45) is 11.8 Å². The number of likely N-dealkylation sites (tertiary alicyclic amines) is 1. The Labute approximate surface area is 214 Å². The van der Waals surface area contributed by atoms with Crippen LogP contribution in [0.1, 0.15) is 41.5 Å². The minimum atomic E-state index is -0.251. The Morgan fingerprint density at radius 1 is 1.08 bits per heavy atom. The van der Waals surface area contributed by atoms with Gasteiger partial charge in [0.1, 0.15) is 28.7 Å². The number of nitrogens with one attached hydrogen (secondary N) is 1. The number of hydrogen-bond acceptors (Lipinski definition) is 6. The van der Waals surface area contributed by atoms with Crippen LogP contribution in [-0.2, 0) is 4.79 Å². The number of hydrogen-bond donors (Lipinski definition) is 2. The van der Waals surface area contributed by atoms with Crippen LogP contribution in [0.5, 0.6) is 0 Å². The highest BCUT2D eigenvalue weighted by Crippen LogP contribution is 2.50. The van der Waals surface area contributed by atoms with Gasteiger partial charge in [-0.1, -0.05) is 31.2 Å². The van der Waals surface area contributed by atoms with E-state index in [2.05, 4.69) is 21.9 Å². The molecule has 0 spiro atoms. The van der Waals surface area contributed by atoms with Crippen LogP contribution >= 0.6 is 0 Å². The normalized spacial score (nSPS) is 20.6. The summed E-state index contributed by atoms with van der Waals surface area (Å²) in [7, 11) is 0. The van der Waals surface area contributed by atoms with Gasteiger partial charge < -0.3 is 16.0 Å². The Hall–Kier alpha value is -4.53. The number of aromatic nitrogens is 4. The number of rotatable bonds is 5. The van der Waals surface area contributed by atoms with Crippen LogP contribution in [-0.4, -0.2) is 42.6 Å². The molecule has 37 heavy (non-hydrogen) atoms. The molecule has 3 atom stereocenters. The number of nitrogens with zero attached hydrogens (tertiary/aromatic N) is 5. The molecule has 9 nitrogen and oxygen atoms in total. The number of benzene rings is 1. The molecule has 6 rings (SSSR count). The molecule has 186 valence electrons. The Morgan fingerprint density at radius 3 is 2.68 bits per heavy atom. The third-order valence-corrected chi connectivity index (χ3v) is 7.55. The van der Waals surface area contributed by atoms with E-state index in [1.165, 1.54) is 6.08 Å². The summed E-state index contributed by atoms with van der Waals surface area (Å²) < 4.78 is 1.97. The zero-order valence-corrected chi connectivity index (χ0v) is 20.2. The third kappa shape index (κ3) is 3.92. The highest BCUT2D eigenvalue weighted by molar-refractivity contribution is 6.04. The number of nitrogens with two attached hydrogens (primary N) is 1. The van der Waals surface area contributed by atoms with Crippen LogP contribution in [0.15, 0.2) is 73.7 Å². The van der Waals surface area contributed by atoms with E-state index in [1.54, 1.807) is 36.7 Å². The summed E-state index contributed by atoms with van der Waals surface area (Å²) in [5.41, 5.74) is 9.02. The van der Waals surface area contributed by atoms with Gasteiger partial charge in [-0.15, -0.1) is 0 Å². The molecular formula is C28H27N7O2. The SMILES string of the molecule is C=CC(=O)N1CC2CCCC2[C@H]1c1nc(-c2ccc(C(=O)Nc3ccccn3)cc2)c2c(N)nccn12. The topological polar surface area (TPSA) is 119 Å². The van der Waals surface area contributed by atoms with Crippen LogP contribution in [0.3, 0.4) is 0 Å². The monoisotopic (exact) mass is 493 g/mol. The molecule has 2 aliphatic rings. The van der Waals surface area contributed by atoms with Gasteiger partial charge in [-0.05, 0) is 55.0 Å². The van der Waals surface area contributed by atoms with Gasteiger partial charge in [0.25, 0.3) is 5.91 Å². The number of carbonyl (C=O) groups is 2. The van der Waals surface area contributed by atoms with Crippen molar-refractivity contribution in [3.8, 4) is 11.3 Å². The minimum absolute atomic E-state index is 0.0806. The highest BCUT2D eigenvalue weighted by Gasteiger charge is 2.48. The molecule has 4 aromatic rings. The van der Waals surface area contributed by atoms with E-state index in [9.17, 15) is 9.59 Å². The molecule has 3 aromatic heterocycles. The van der Waals surface area contributed by atoms with Crippen molar-refractivity contribution in [3.05, 3.63) is 85.1 Å². The van der Waals surface area contributed by atoms with Crippen LogP contribution in [0.2, 0.25) is 0 Å². The van der Waals surface area contributed by atoms with Gasteiger partial charge in [-0.2, -0.15) is 0 Å². The van der Waals surface area contributed by atoms with E-state index in [-0.39, 0.29) is 17.9 Å². The van der Waals surface area contributed by atoms with Crippen LogP contribution < -0.4 is 11.1 Å². The van der Waals surface area contributed by atoms with E-state index in [0.717, 1.165) is 30.7 Å². The summed E-state index contributed by atoms with van der Waals surface area (Å²) >= 11 is 0. The van der Waals surface area contributed by atoms with Gasteiger partial charge in [0.05, 0.1) is 6.04 Å². The number of amides is 2. The predicted molar refractivity (Wildman–Crippen MR) is 141 cm³/mol. The maximum atomic E-state index is 12.8. The van der Waals surface area contributed by atoms with Gasteiger partial charge in [0.2, 0.25) is 5.91 Å². The molecule has 0 bridgehead atoms. The van der Waals surface area contributed by atoms with E-state index >= 15 is 0 Å². The number of anilines is 2. The smallest absolute Gasteiger partial charge is 0.256 e. The summed E-state index contributed by atoms with van der Waals surface area (Å²) in [6.45, 7) is 4.43. The number of imidazole rings is 1. The fraction of sp³-hybridized carbons (Fsp3) is 0.250. The lowest BCUT2D eigenvalue weighted by Gasteiger charge is -2.26. The number of fused-ring (bicyclic) bond motifs is 2. The van der Waals surface area contributed by atoms with Crippen LogP contribution in [0.25, 0.3) is 16.8 Å². The van der Waals surface area contributed by atoms with Crippen molar-refractivity contribution in [2.45, 2.75) is 25.3 Å². The fourth-order valence-electron chi connectivity index (χ4n) is 5.88. The van der Waals surface area contributed by atoms with Crippen molar-refractivity contribution in [1.29, 1.82) is 0 Å². The molecule has 2 fully saturated rings. The molecular weight excluding hydrogens is 466 g/mol. The van der Waals surface area contributed by atoms with Crippen LogP contribution in [0, 0.1) is 11.8 Å². The predicted octanol–water partition coefficient (Wildman–Crippen LogP) is 4.11. The Bertz CT molecular complexity index is 1500. The summed E-state index contributed by atoms with van der Waals surface area (Å²) in [5.74, 6) is 2.09. The largest absolute Gasteiger partial charge is 0.382 e. The first kappa shape index (κ1) is 22.9. The second kappa shape index (κ2) is 9.16. The lowest BCUT2D eigenvalue weighted by molar-refractivity contribution is -0.127. The van der Waals surface area contributed by atoms with Crippen molar-refractivity contribution in [1.82, 2.24) is 24.3 Å². The third-order valence-electron chi connectivity index (χ3n) is 7.55. The summed E-state index contributed by atoms with van der Waals surface area (Å²) in [6, 6.07) is 12.4. The van der Waals surface area contributed by atoms with Gasteiger partial charge in [-0.25, -0.2) is 15.0 Å². The zero-order valence-electron chi connectivity index (χ0n) is 20.2. The number of nitrogen functional groups attached to an aromatic ring is 1. The van der Waals surface area contributed by atoms with Gasteiger partial charge in [-0.3, -0.25) is 14.0 Å². The molecule has 3 N–H and O–H groups in total. The lowest BCUT2D eigenvalue weighted by Crippen LogP contribution is -2.32. The molecule has 2 amide bonds. The first-order valence-electron chi connectivity index (χ1n) is 12.4. The summed E-state index contributed by atoms with van der Waals surface area (Å²) in [5, 5.41) is 2.79. The minimum Gasteiger partial charge on any atom is -0.382 e. The second-order valence-electron chi connectivity index (χ2n) is 9.59. The average molecular weight is 494 g/mol. The molecule has 9 heteroatoms. The fourth-order valence-corrected chi connectivity index (χ4v) is 5.88. The highest BCUT2D eigenvalue weighted by atomic mass is 16.2. The van der Waals surface area contributed by atoms with Gasteiger partial charge in [0.15, 0.2) is 0 Å². The second-order valence-corrected chi connectivity index (χ2v) is 9.59. The quantitative estimate of drug-likeness (QED) is 0.404. The first-order valence-corrected chi connectivity index (χ1v) is 12.4. The Morgan fingerprint density at radius 2 is 1.92 bits per heavy atom. The Balaban J connectivity index is 1.39. The number of carbonyl (C=O) groups excluding carboxylic acids is 2. The van der Waals surface area contributed by atoms with Crippen molar-refractivity contribution < 1.29 is 9.59 Å². The average Bonchev–Trinajstić information content (AvgIpc) is 3.63. The summed E-state index contributed by atoms with van der Waals surface area (Å²) in [4.78, 5) is 41.0. The maximum absolute atomic E-state index is 12.8. The molecule has 2 unspecified atom stereocenters. The number of pyridine rings is 1. The van der Waals surface area contributed by atoms with E-state index in [1.807, 2.05) is 33.7 Å². The van der Waals surface area contributed by atoms with Crippen molar-refractivity contribution in [3.63, 3.8) is 0 Å². The van der Waals surface area contributed by atoms with E-state index in [0.29, 0.717) is 46.8 Å². The molecule has 0 radical (unpaired) electrons. The van der Waals surface area contributed by atoms with E-state index in [4.69, 9.17) is 10.7 Å². The van der Waals surface area contributed by atoms with Crippen molar-refractivity contribution in [2.75, 3.05) is 17.6 Å². The molecule has 1 aliphatic heterocycles. The van der Waals surface area contributed by atoms with Crippen molar-refractivity contribution >= 4 is 29.0 Å². The maximum Gasteiger partial charge on any atom is 0.256 e. The molecule has 1 saturated carbocycles. The van der Waals surface area contributed by atoms with E-state index < -0.39 is 0 Å².